The van der Waals surface area contributed by atoms with Crippen molar-refractivity contribution in [3.05, 3.63) is 29.8 Å². The highest BCUT2D eigenvalue weighted by Gasteiger charge is 2.19. The van der Waals surface area contributed by atoms with Crippen LogP contribution in [0.25, 0.3) is 0 Å². The lowest BCUT2D eigenvalue weighted by Crippen LogP contribution is -2.29. The van der Waals surface area contributed by atoms with Crippen LogP contribution in [0.2, 0.25) is 0 Å². The molecule has 0 amide bonds. The molecular weight excluding hydrogens is 286 g/mol. The van der Waals surface area contributed by atoms with Crippen LogP contribution >= 0.6 is 0 Å². The third-order valence-corrected chi connectivity index (χ3v) is 5.51. The van der Waals surface area contributed by atoms with Crippen LogP contribution in [0.1, 0.15) is 12.0 Å². The second-order valence-corrected chi connectivity index (χ2v) is 7.69. The van der Waals surface area contributed by atoms with Crippen LogP contribution in [0.15, 0.2) is 29.2 Å². The highest BCUT2D eigenvalue weighted by atomic mass is 32.2. The number of likely N-dealkylation sites (tertiary alicyclic amines) is 1. The Morgan fingerprint density at radius 3 is 2.95 bits per heavy atom. The van der Waals surface area contributed by atoms with Gasteiger partial charge >= 0.3 is 0 Å². The van der Waals surface area contributed by atoms with Gasteiger partial charge in [-0.2, -0.15) is 5.26 Å². The summed E-state index contributed by atoms with van der Waals surface area (Å²) in [6, 6.07) is 8.15. The largest absolute Gasteiger partial charge is 0.315 e. The van der Waals surface area contributed by atoms with Crippen LogP contribution in [0.5, 0.6) is 0 Å². The molecule has 1 fully saturated rings. The van der Waals surface area contributed by atoms with E-state index in [0.717, 1.165) is 19.6 Å². The SMILES string of the molecule is CN1CCC(CNCCS(=O)(=O)c2cccc(C#N)c2)C1. The van der Waals surface area contributed by atoms with Gasteiger partial charge in [0.15, 0.2) is 9.84 Å². The summed E-state index contributed by atoms with van der Waals surface area (Å²) in [5.74, 6) is 0.671. The van der Waals surface area contributed by atoms with Gasteiger partial charge in [-0.05, 0) is 50.7 Å². The maximum Gasteiger partial charge on any atom is 0.179 e. The Kier molecular flexibility index (Phi) is 5.34. The molecule has 0 saturated carbocycles. The molecule has 0 bridgehead atoms. The minimum absolute atomic E-state index is 0.0600. The Hall–Kier alpha value is -1.42. The lowest BCUT2D eigenvalue weighted by molar-refractivity contribution is 0.389. The van der Waals surface area contributed by atoms with Crippen LogP contribution in [0.3, 0.4) is 0 Å². The van der Waals surface area contributed by atoms with Gasteiger partial charge < -0.3 is 10.2 Å². The van der Waals surface area contributed by atoms with Gasteiger partial charge in [0.1, 0.15) is 0 Å². The van der Waals surface area contributed by atoms with Crippen molar-refractivity contribution in [3.8, 4) is 6.07 Å². The molecule has 5 nitrogen and oxygen atoms in total. The van der Waals surface area contributed by atoms with E-state index in [4.69, 9.17) is 5.26 Å². The van der Waals surface area contributed by atoms with Crippen molar-refractivity contribution in [2.45, 2.75) is 11.3 Å². The smallest absolute Gasteiger partial charge is 0.179 e. The van der Waals surface area contributed by atoms with Gasteiger partial charge in [0.05, 0.1) is 22.3 Å². The summed E-state index contributed by atoms with van der Waals surface area (Å²) in [6.07, 6.45) is 1.17. The Balaban J connectivity index is 1.82. The molecule has 0 spiro atoms. The molecule has 1 aliphatic heterocycles. The zero-order valence-corrected chi connectivity index (χ0v) is 13.1. The van der Waals surface area contributed by atoms with Crippen LogP contribution in [0.4, 0.5) is 0 Å². The van der Waals surface area contributed by atoms with Crippen LogP contribution in [-0.4, -0.2) is 52.3 Å². The number of nitrogens with zero attached hydrogens (tertiary/aromatic N) is 2. The molecule has 1 heterocycles. The average Bonchev–Trinajstić information content (AvgIpc) is 2.89. The summed E-state index contributed by atoms with van der Waals surface area (Å²) in [5, 5.41) is 12.1. The minimum atomic E-state index is -3.32. The van der Waals surface area contributed by atoms with Crippen LogP contribution in [0, 0.1) is 17.2 Å². The Morgan fingerprint density at radius 1 is 1.48 bits per heavy atom. The number of hydrogen-bond acceptors (Lipinski definition) is 5. The Bertz CT molecular complexity index is 622. The molecule has 114 valence electrons. The summed E-state index contributed by atoms with van der Waals surface area (Å²) in [5.41, 5.74) is 0.373. The first-order valence-electron chi connectivity index (χ1n) is 7.13. The molecule has 2 rings (SSSR count). The topological polar surface area (TPSA) is 73.2 Å². The molecule has 1 aliphatic rings. The van der Waals surface area contributed by atoms with E-state index in [1.54, 1.807) is 18.2 Å². The van der Waals surface area contributed by atoms with Crippen molar-refractivity contribution >= 4 is 9.84 Å². The number of sulfone groups is 1. The first-order chi connectivity index (χ1) is 10.0. The zero-order chi connectivity index (χ0) is 15.3. The van der Waals surface area contributed by atoms with Crippen molar-refractivity contribution < 1.29 is 8.42 Å². The van der Waals surface area contributed by atoms with Gasteiger partial charge in [-0.3, -0.25) is 0 Å². The molecule has 1 saturated heterocycles. The van der Waals surface area contributed by atoms with Crippen molar-refractivity contribution in [1.29, 1.82) is 5.26 Å². The van der Waals surface area contributed by atoms with Gasteiger partial charge in [-0.1, -0.05) is 6.07 Å². The van der Waals surface area contributed by atoms with Gasteiger partial charge in [0.25, 0.3) is 0 Å². The van der Waals surface area contributed by atoms with Crippen molar-refractivity contribution in [2.75, 3.05) is 39.0 Å². The third-order valence-electron chi connectivity index (χ3n) is 3.79. The summed E-state index contributed by atoms with van der Waals surface area (Å²) in [4.78, 5) is 2.51. The second kappa shape index (κ2) is 7.03. The molecule has 1 N–H and O–H groups in total. The number of nitriles is 1. The molecule has 21 heavy (non-hydrogen) atoms. The molecule has 6 heteroatoms. The predicted octanol–water partition coefficient (Wildman–Crippen LogP) is 0.873. The zero-order valence-electron chi connectivity index (χ0n) is 12.2. The number of nitrogens with one attached hydrogen (secondary N) is 1. The van der Waals surface area contributed by atoms with E-state index >= 15 is 0 Å². The van der Waals surface area contributed by atoms with Crippen LogP contribution in [-0.2, 0) is 9.84 Å². The predicted molar refractivity (Wildman–Crippen MR) is 81.7 cm³/mol. The Morgan fingerprint density at radius 2 is 2.29 bits per heavy atom. The fraction of sp³-hybridized carbons (Fsp3) is 0.533. The summed E-state index contributed by atoms with van der Waals surface area (Å²) in [7, 11) is -1.22. The summed E-state index contributed by atoms with van der Waals surface area (Å²) < 4.78 is 24.4. The highest BCUT2D eigenvalue weighted by molar-refractivity contribution is 7.91. The standard InChI is InChI=1S/C15H21N3O2S/c1-18-7-5-14(12-18)11-17-6-8-21(19,20)15-4-2-3-13(9-15)10-16/h2-4,9,14,17H,5-8,11-12H2,1H3. The molecular formula is C15H21N3O2S. The van der Waals surface area contributed by atoms with E-state index in [1.165, 1.54) is 12.5 Å². The fourth-order valence-electron chi connectivity index (χ4n) is 2.58. The molecule has 1 unspecified atom stereocenters. The van der Waals surface area contributed by atoms with E-state index in [0.29, 0.717) is 18.0 Å². The minimum Gasteiger partial charge on any atom is -0.315 e. The summed E-state index contributed by atoms with van der Waals surface area (Å²) in [6.45, 7) is 3.49. The van der Waals surface area contributed by atoms with Gasteiger partial charge in [-0.25, -0.2) is 8.42 Å². The number of benzene rings is 1. The van der Waals surface area contributed by atoms with Crippen LogP contribution < -0.4 is 5.32 Å². The third kappa shape index (κ3) is 4.53. The normalized spacial score (nSPS) is 19.5. The van der Waals surface area contributed by atoms with Gasteiger partial charge in [-0.15, -0.1) is 0 Å². The highest BCUT2D eigenvalue weighted by Crippen LogP contribution is 2.14. The van der Waals surface area contributed by atoms with Crippen molar-refractivity contribution in [1.82, 2.24) is 10.2 Å². The fourth-order valence-corrected chi connectivity index (χ4v) is 3.82. The quantitative estimate of drug-likeness (QED) is 0.790. The molecule has 0 radical (unpaired) electrons. The van der Waals surface area contributed by atoms with Gasteiger partial charge in [0, 0.05) is 13.1 Å². The molecule has 1 atom stereocenters. The monoisotopic (exact) mass is 307 g/mol. The van der Waals surface area contributed by atoms with E-state index in [2.05, 4.69) is 17.3 Å². The van der Waals surface area contributed by atoms with E-state index in [9.17, 15) is 8.42 Å². The Labute approximate surface area is 126 Å². The summed E-state index contributed by atoms with van der Waals surface area (Å²) >= 11 is 0. The number of rotatable bonds is 6. The second-order valence-electron chi connectivity index (χ2n) is 5.58. The lowest BCUT2D eigenvalue weighted by atomic mass is 10.1. The molecule has 1 aromatic rings. The van der Waals surface area contributed by atoms with Crippen molar-refractivity contribution in [2.24, 2.45) is 5.92 Å². The number of hydrogen-bond donors (Lipinski definition) is 1. The first kappa shape index (κ1) is 16.0. The van der Waals surface area contributed by atoms with E-state index in [-0.39, 0.29) is 10.6 Å². The molecule has 1 aromatic carbocycles. The maximum atomic E-state index is 12.2. The van der Waals surface area contributed by atoms with E-state index < -0.39 is 9.84 Å². The first-order valence-corrected chi connectivity index (χ1v) is 8.78. The molecule has 0 aromatic heterocycles. The van der Waals surface area contributed by atoms with Crippen molar-refractivity contribution in [3.63, 3.8) is 0 Å². The van der Waals surface area contributed by atoms with Gasteiger partial charge in [0.2, 0.25) is 0 Å². The van der Waals surface area contributed by atoms with E-state index in [1.807, 2.05) is 6.07 Å². The average molecular weight is 307 g/mol. The maximum absolute atomic E-state index is 12.2. The molecule has 0 aliphatic carbocycles. The lowest BCUT2D eigenvalue weighted by Gasteiger charge is -2.11.